The van der Waals surface area contributed by atoms with Crippen LogP contribution in [0.2, 0.25) is 0 Å². The molecule has 0 aromatic rings. The smallest absolute Gasteiger partial charge is 0.353 e. The zero-order valence-corrected chi connectivity index (χ0v) is 8.41. The molecule has 13 heavy (non-hydrogen) atoms. The Morgan fingerprint density at radius 2 is 2.00 bits per heavy atom. The maximum absolute atomic E-state index is 10.3. The molecule has 0 aliphatic rings. The van der Waals surface area contributed by atoms with Gasteiger partial charge in [0.15, 0.2) is 5.71 Å². The molecule has 0 saturated carbocycles. The van der Waals surface area contributed by atoms with Crippen LogP contribution in [0.15, 0.2) is 5.16 Å². The molecule has 0 aromatic carbocycles. The van der Waals surface area contributed by atoms with E-state index in [1.165, 1.54) is 6.92 Å². The molecule has 0 aromatic heterocycles. The number of carboxylic acids is 1. The standard InChI is InChI=1S/C9H17NO3/c1-4-8(5-2)6-13-10-7(3)9(11)12/h8H,4-6H2,1-3H3,(H,11,12)/b10-7+. The van der Waals surface area contributed by atoms with Crippen molar-refractivity contribution in [3.63, 3.8) is 0 Å². The van der Waals surface area contributed by atoms with Crippen LogP contribution in [-0.4, -0.2) is 23.4 Å². The zero-order chi connectivity index (χ0) is 10.3. The molecule has 0 rings (SSSR count). The summed E-state index contributed by atoms with van der Waals surface area (Å²) >= 11 is 0. The van der Waals surface area contributed by atoms with Crippen molar-refractivity contribution in [2.24, 2.45) is 11.1 Å². The van der Waals surface area contributed by atoms with Crippen molar-refractivity contribution < 1.29 is 14.7 Å². The fraction of sp³-hybridized carbons (Fsp3) is 0.778. The Morgan fingerprint density at radius 3 is 2.38 bits per heavy atom. The third-order valence-corrected chi connectivity index (χ3v) is 1.98. The number of aliphatic carboxylic acids is 1. The Hall–Kier alpha value is -1.06. The van der Waals surface area contributed by atoms with Gasteiger partial charge in [0.05, 0.1) is 0 Å². The second-order valence-electron chi connectivity index (χ2n) is 2.96. The molecular weight excluding hydrogens is 170 g/mol. The van der Waals surface area contributed by atoms with Gasteiger partial charge in [0.25, 0.3) is 0 Å². The maximum Gasteiger partial charge on any atom is 0.353 e. The van der Waals surface area contributed by atoms with Gasteiger partial charge in [-0.2, -0.15) is 0 Å². The molecule has 0 unspecified atom stereocenters. The van der Waals surface area contributed by atoms with Crippen LogP contribution in [0.4, 0.5) is 0 Å². The van der Waals surface area contributed by atoms with Crippen LogP contribution in [0.3, 0.4) is 0 Å². The third-order valence-electron chi connectivity index (χ3n) is 1.98. The van der Waals surface area contributed by atoms with Crippen LogP contribution in [-0.2, 0) is 9.63 Å². The van der Waals surface area contributed by atoms with Gasteiger partial charge < -0.3 is 9.94 Å². The summed E-state index contributed by atoms with van der Waals surface area (Å²) in [5.74, 6) is -0.574. The van der Waals surface area contributed by atoms with E-state index < -0.39 is 5.97 Å². The van der Waals surface area contributed by atoms with Crippen molar-refractivity contribution in [1.29, 1.82) is 0 Å². The van der Waals surface area contributed by atoms with Gasteiger partial charge in [-0.1, -0.05) is 19.0 Å². The van der Waals surface area contributed by atoms with Crippen LogP contribution in [0.1, 0.15) is 33.6 Å². The van der Waals surface area contributed by atoms with Gasteiger partial charge in [0.2, 0.25) is 0 Å². The summed E-state index contributed by atoms with van der Waals surface area (Å²) in [4.78, 5) is 15.2. The summed E-state index contributed by atoms with van der Waals surface area (Å²) in [5, 5.41) is 11.9. The van der Waals surface area contributed by atoms with E-state index in [4.69, 9.17) is 9.94 Å². The molecule has 0 bridgehead atoms. The van der Waals surface area contributed by atoms with Crippen molar-refractivity contribution in [2.45, 2.75) is 33.6 Å². The normalized spacial score (nSPS) is 11.8. The van der Waals surface area contributed by atoms with Gasteiger partial charge in [0.1, 0.15) is 6.61 Å². The third kappa shape index (κ3) is 5.22. The molecule has 76 valence electrons. The number of carboxylic acid groups (broad SMARTS) is 1. The average Bonchev–Trinajstić information content (AvgIpc) is 2.12. The number of hydrogen-bond donors (Lipinski definition) is 1. The highest BCUT2D eigenvalue weighted by Gasteiger charge is 2.05. The molecular formula is C9H17NO3. The van der Waals surface area contributed by atoms with Crippen LogP contribution >= 0.6 is 0 Å². The van der Waals surface area contributed by atoms with E-state index in [1.807, 2.05) is 0 Å². The largest absolute Gasteiger partial charge is 0.477 e. The number of hydrogen-bond acceptors (Lipinski definition) is 3. The average molecular weight is 187 g/mol. The first-order chi connectivity index (χ1) is 6.11. The van der Waals surface area contributed by atoms with Crippen LogP contribution < -0.4 is 0 Å². The van der Waals surface area contributed by atoms with Crippen LogP contribution in [0.5, 0.6) is 0 Å². The summed E-state index contributed by atoms with van der Waals surface area (Å²) in [6.45, 7) is 6.06. The van der Waals surface area contributed by atoms with E-state index >= 15 is 0 Å². The number of nitrogens with zero attached hydrogens (tertiary/aromatic N) is 1. The van der Waals surface area contributed by atoms with E-state index in [1.54, 1.807) is 0 Å². The fourth-order valence-electron chi connectivity index (χ4n) is 0.803. The zero-order valence-electron chi connectivity index (χ0n) is 8.41. The van der Waals surface area contributed by atoms with E-state index in [9.17, 15) is 4.79 Å². The summed E-state index contributed by atoms with van der Waals surface area (Å²) in [6.07, 6.45) is 2.05. The highest BCUT2D eigenvalue weighted by Crippen LogP contribution is 2.07. The number of oxime groups is 1. The van der Waals surface area contributed by atoms with Crippen LogP contribution in [0.25, 0.3) is 0 Å². The Balaban J connectivity index is 3.76. The summed E-state index contributed by atoms with van der Waals surface area (Å²) in [6, 6.07) is 0. The highest BCUT2D eigenvalue weighted by molar-refractivity contribution is 6.34. The second kappa shape index (κ2) is 6.46. The molecule has 0 radical (unpaired) electrons. The molecule has 0 spiro atoms. The first-order valence-electron chi connectivity index (χ1n) is 4.51. The molecule has 4 nitrogen and oxygen atoms in total. The molecule has 4 heteroatoms. The van der Waals surface area contributed by atoms with Crippen molar-refractivity contribution >= 4 is 11.7 Å². The molecule has 0 heterocycles. The summed E-state index contributed by atoms with van der Waals surface area (Å²) in [7, 11) is 0. The fourth-order valence-corrected chi connectivity index (χ4v) is 0.803. The van der Waals surface area contributed by atoms with Gasteiger partial charge in [-0.25, -0.2) is 4.79 Å². The van der Waals surface area contributed by atoms with E-state index in [0.29, 0.717) is 12.5 Å². The number of carbonyl (C=O) groups is 1. The van der Waals surface area contributed by atoms with E-state index in [2.05, 4.69) is 19.0 Å². The maximum atomic E-state index is 10.3. The minimum atomic E-state index is -1.04. The Labute approximate surface area is 78.6 Å². The lowest BCUT2D eigenvalue weighted by molar-refractivity contribution is -0.129. The molecule has 0 amide bonds. The molecule has 0 saturated heterocycles. The lowest BCUT2D eigenvalue weighted by Gasteiger charge is -2.09. The minimum absolute atomic E-state index is 0.00837. The van der Waals surface area contributed by atoms with Crippen molar-refractivity contribution in [3.8, 4) is 0 Å². The van der Waals surface area contributed by atoms with Gasteiger partial charge in [-0.15, -0.1) is 0 Å². The Morgan fingerprint density at radius 1 is 1.46 bits per heavy atom. The second-order valence-corrected chi connectivity index (χ2v) is 2.96. The molecule has 0 aliphatic carbocycles. The highest BCUT2D eigenvalue weighted by atomic mass is 16.6. The quantitative estimate of drug-likeness (QED) is 0.510. The number of rotatable bonds is 6. The van der Waals surface area contributed by atoms with Crippen molar-refractivity contribution in [2.75, 3.05) is 6.61 Å². The lowest BCUT2D eigenvalue weighted by Crippen LogP contribution is -2.11. The van der Waals surface area contributed by atoms with Gasteiger partial charge in [-0.05, 0) is 25.7 Å². The van der Waals surface area contributed by atoms with Crippen LogP contribution in [0, 0.1) is 5.92 Å². The first-order valence-corrected chi connectivity index (χ1v) is 4.51. The van der Waals surface area contributed by atoms with E-state index in [0.717, 1.165) is 12.8 Å². The first kappa shape index (κ1) is 11.9. The SMILES string of the molecule is CCC(CC)CO/N=C(\C)C(=O)O. The molecule has 0 fully saturated rings. The van der Waals surface area contributed by atoms with Gasteiger partial charge in [-0.3, -0.25) is 0 Å². The summed E-state index contributed by atoms with van der Waals surface area (Å²) in [5.41, 5.74) is -0.00837. The molecule has 0 aliphatic heterocycles. The minimum Gasteiger partial charge on any atom is -0.477 e. The topological polar surface area (TPSA) is 58.9 Å². The predicted octanol–water partition coefficient (Wildman–Crippen LogP) is 1.90. The predicted molar refractivity (Wildman–Crippen MR) is 50.8 cm³/mol. The monoisotopic (exact) mass is 187 g/mol. The Kier molecular flexibility index (Phi) is 5.93. The van der Waals surface area contributed by atoms with Gasteiger partial charge >= 0.3 is 5.97 Å². The lowest BCUT2D eigenvalue weighted by atomic mass is 10.1. The van der Waals surface area contributed by atoms with Gasteiger partial charge in [0, 0.05) is 0 Å². The summed E-state index contributed by atoms with van der Waals surface area (Å²) < 4.78 is 0. The molecule has 0 atom stereocenters. The van der Waals surface area contributed by atoms with Crippen molar-refractivity contribution in [3.05, 3.63) is 0 Å². The van der Waals surface area contributed by atoms with Crippen molar-refractivity contribution in [1.82, 2.24) is 0 Å². The van der Waals surface area contributed by atoms with E-state index in [-0.39, 0.29) is 5.71 Å². The molecule has 1 N–H and O–H groups in total. The Bertz CT molecular complexity index is 185.